The normalized spacial score (nSPS) is 22.3. The lowest BCUT2D eigenvalue weighted by Crippen LogP contribution is -2.49. The first-order valence-electron chi connectivity index (χ1n) is 12.4. The van der Waals surface area contributed by atoms with E-state index in [0.29, 0.717) is 31.8 Å². The number of carbonyl (C=O) groups is 2. The minimum absolute atomic E-state index is 0.122. The molecule has 12 nitrogen and oxygen atoms in total. The van der Waals surface area contributed by atoms with Crippen LogP contribution in [0.15, 0.2) is 24.5 Å². The Morgan fingerprint density at radius 3 is 2.77 bits per heavy atom. The summed E-state index contributed by atoms with van der Waals surface area (Å²) in [6.07, 6.45) is -1.49. The third kappa shape index (κ3) is 5.83. The van der Waals surface area contributed by atoms with E-state index in [4.69, 9.17) is 14.2 Å². The van der Waals surface area contributed by atoms with Gasteiger partial charge in [0.05, 0.1) is 30.7 Å². The maximum absolute atomic E-state index is 13.4. The molecular weight excluding hydrogens is 523 g/mol. The van der Waals surface area contributed by atoms with Gasteiger partial charge in [0.25, 0.3) is 5.91 Å². The number of anilines is 3. The van der Waals surface area contributed by atoms with Crippen LogP contribution in [0.4, 0.5) is 35.3 Å². The van der Waals surface area contributed by atoms with Crippen molar-refractivity contribution in [3.8, 4) is 5.88 Å². The molecule has 5 heterocycles. The molecule has 3 atom stereocenters. The fraction of sp³-hybridized carbons (Fsp3) is 0.542. The summed E-state index contributed by atoms with van der Waals surface area (Å²) in [6, 6.07) is 0.0413. The highest BCUT2D eigenvalue weighted by Gasteiger charge is 2.41. The second-order valence-corrected chi connectivity index (χ2v) is 9.97. The number of ether oxygens (including phenoxy) is 3. The van der Waals surface area contributed by atoms with Gasteiger partial charge in [-0.1, -0.05) is 0 Å². The number of nitrogens with one attached hydrogen (secondary N) is 2. The third-order valence-electron chi connectivity index (χ3n) is 6.57. The van der Waals surface area contributed by atoms with Crippen molar-refractivity contribution in [2.75, 3.05) is 41.4 Å². The Morgan fingerprint density at radius 2 is 2.05 bits per heavy atom. The SMILES string of the molecule is C[C@@H](NC(=O)c1ccc2c(n1)N(C(=O)Nc1cncc(OC[C@H]3COC(C)(C)O3)n1)[C@H]1CCN2C1)C(F)(F)F. The smallest absolute Gasteiger partial charge is 0.408 e. The molecular formula is C24H28F3N7O5. The van der Waals surface area contributed by atoms with E-state index in [9.17, 15) is 22.8 Å². The maximum Gasteiger partial charge on any atom is 0.408 e. The van der Waals surface area contributed by atoms with Gasteiger partial charge in [-0.3, -0.25) is 20.0 Å². The zero-order chi connectivity index (χ0) is 27.9. The first-order valence-corrected chi connectivity index (χ1v) is 12.4. The number of hydrogen-bond acceptors (Lipinski definition) is 9. The van der Waals surface area contributed by atoms with Gasteiger partial charge >= 0.3 is 12.2 Å². The fourth-order valence-electron chi connectivity index (χ4n) is 4.62. The Morgan fingerprint density at radius 1 is 1.26 bits per heavy atom. The molecule has 5 rings (SSSR count). The Labute approximate surface area is 221 Å². The van der Waals surface area contributed by atoms with E-state index in [1.807, 2.05) is 10.2 Å². The van der Waals surface area contributed by atoms with Gasteiger partial charge in [0.1, 0.15) is 24.4 Å². The second kappa shape index (κ2) is 10.1. The van der Waals surface area contributed by atoms with Crippen LogP contribution in [0.1, 0.15) is 37.7 Å². The number of fused-ring (bicyclic) bond motifs is 4. The van der Waals surface area contributed by atoms with Gasteiger partial charge in [-0.05, 0) is 39.3 Å². The van der Waals surface area contributed by atoms with Gasteiger partial charge in [-0.15, -0.1) is 0 Å². The zero-order valence-electron chi connectivity index (χ0n) is 21.5. The average molecular weight is 552 g/mol. The molecule has 2 saturated heterocycles. The highest BCUT2D eigenvalue weighted by Crippen LogP contribution is 2.39. The van der Waals surface area contributed by atoms with E-state index in [0.717, 1.165) is 6.92 Å². The summed E-state index contributed by atoms with van der Waals surface area (Å²) in [7, 11) is 0. The minimum Gasteiger partial charge on any atom is -0.474 e. The first-order chi connectivity index (χ1) is 18.4. The molecule has 3 aliphatic rings. The van der Waals surface area contributed by atoms with Crippen molar-refractivity contribution < 1.29 is 37.0 Å². The van der Waals surface area contributed by atoms with Crippen LogP contribution in [0.2, 0.25) is 0 Å². The molecule has 2 aromatic rings. The molecule has 0 saturated carbocycles. The van der Waals surface area contributed by atoms with Crippen molar-refractivity contribution in [1.29, 1.82) is 0 Å². The van der Waals surface area contributed by atoms with Crippen LogP contribution in [0.3, 0.4) is 0 Å². The summed E-state index contributed by atoms with van der Waals surface area (Å²) in [5.41, 5.74) is 0.367. The maximum atomic E-state index is 13.4. The standard InChI is InChI=1S/C24H28F3N7O5/c1-13(24(25,26)27)29-21(35)16-4-5-17-20(30-16)34(14-6-7-33(17)10-14)22(36)32-18-8-28-9-19(31-18)37-11-15-12-38-23(2,3)39-15/h4-5,8-9,13-15H,6-7,10-12H2,1-3H3,(H,29,35)(H,31,32,36)/t13-,14+,15+/m1/s1. The topological polar surface area (TPSA) is 131 Å². The quantitative estimate of drug-likeness (QED) is 0.556. The minimum atomic E-state index is -4.60. The number of hydrogen-bond donors (Lipinski definition) is 2. The summed E-state index contributed by atoms with van der Waals surface area (Å²) in [5, 5.41) is 4.59. The van der Waals surface area contributed by atoms with Crippen molar-refractivity contribution in [2.24, 2.45) is 0 Å². The lowest BCUT2D eigenvalue weighted by atomic mass is 10.1. The first kappa shape index (κ1) is 26.9. The molecule has 0 aromatic carbocycles. The molecule has 0 radical (unpaired) electrons. The van der Waals surface area contributed by atoms with Crippen molar-refractivity contribution in [1.82, 2.24) is 20.3 Å². The van der Waals surface area contributed by atoms with Crippen molar-refractivity contribution in [3.05, 3.63) is 30.2 Å². The van der Waals surface area contributed by atoms with Crippen LogP contribution in [-0.4, -0.2) is 83.3 Å². The molecule has 2 fully saturated rings. The van der Waals surface area contributed by atoms with Crippen molar-refractivity contribution in [2.45, 2.75) is 57.3 Å². The number of nitrogens with zero attached hydrogens (tertiary/aromatic N) is 5. The molecule has 2 bridgehead atoms. The number of amides is 3. The molecule has 3 amide bonds. The van der Waals surface area contributed by atoms with Gasteiger partial charge in [0.15, 0.2) is 17.4 Å². The van der Waals surface area contributed by atoms with Gasteiger partial charge < -0.3 is 24.4 Å². The molecule has 39 heavy (non-hydrogen) atoms. The van der Waals surface area contributed by atoms with E-state index in [1.54, 1.807) is 19.9 Å². The van der Waals surface area contributed by atoms with E-state index in [2.05, 4.69) is 20.3 Å². The Balaban J connectivity index is 1.31. The largest absolute Gasteiger partial charge is 0.474 e. The fourth-order valence-corrected chi connectivity index (χ4v) is 4.62. The lowest BCUT2D eigenvalue weighted by molar-refractivity contribution is -0.149. The number of carbonyl (C=O) groups excluding carboxylic acids is 2. The molecule has 0 unspecified atom stereocenters. The van der Waals surface area contributed by atoms with Crippen molar-refractivity contribution in [3.63, 3.8) is 0 Å². The van der Waals surface area contributed by atoms with Crippen LogP contribution >= 0.6 is 0 Å². The van der Waals surface area contributed by atoms with E-state index < -0.39 is 29.9 Å². The van der Waals surface area contributed by atoms with E-state index >= 15 is 0 Å². The number of aromatic nitrogens is 3. The summed E-state index contributed by atoms with van der Waals surface area (Å²) in [5.74, 6) is -1.22. The van der Waals surface area contributed by atoms with Gasteiger partial charge in [0, 0.05) is 13.1 Å². The van der Waals surface area contributed by atoms with E-state index in [1.165, 1.54) is 23.4 Å². The van der Waals surface area contributed by atoms with Gasteiger partial charge in [-0.25, -0.2) is 9.78 Å². The Bertz CT molecular complexity index is 1260. The van der Waals surface area contributed by atoms with Crippen LogP contribution < -0.4 is 25.2 Å². The van der Waals surface area contributed by atoms with Crippen molar-refractivity contribution >= 4 is 29.3 Å². The molecule has 0 aliphatic carbocycles. The summed E-state index contributed by atoms with van der Waals surface area (Å²) >= 11 is 0. The third-order valence-corrected chi connectivity index (χ3v) is 6.57. The number of urea groups is 1. The molecule has 15 heteroatoms. The predicted octanol–water partition coefficient (Wildman–Crippen LogP) is 2.71. The summed E-state index contributed by atoms with van der Waals surface area (Å²) < 4.78 is 55.7. The Kier molecular flexibility index (Phi) is 6.97. The molecule has 2 N–H and O–H groups in total. The molecule has 3 aliphatic heterocycles. The predicted molar refractivity (Wildman–Crippen MR) is 132 cm³/mol. The highest BCUT2D eigenvalue weighted by atomic mass is 19.4. The summed E-state index contributed by atoms with van der Waals surface area (Å²) in [6.45, 7) is 6.20. The highest BCUT2D eigenvalue weighted by molar-refractivity contribution is 6.05. The van der Waals surface area contributed by atoms with E-state index in [-0.39, 0.29) is 42.0 Å². The number of pyridine rings is 1. The number of halogens is 3. The monoisotopic (exact) mass is 551 g/mol. The number of rotatable bonds is 6. The lowest BCUT2D eigenvalue weighted by Gasteiger charge is -2.35. The number of alkyl halides is 3. The average Bonchev–Trinajstić information content (AvgIpc) is 3.45. The Hall–Kier alpha value is -3.72. The van der Waals surface area contributed by atoms with Crippen LogP contribution in [0.5, 0.6) is 5.88 Å². The van der Waals surface area contributed by atoms with Crippen LogP contribution in [0, 0.1) is 0 Å². The van der Waals surface area contributed by atoms with Gasteiger partial charge in [-0.2, -0.15) is 18.2 Å². The second-order valence-electron chi connectivity index (χ2n) is 9.97. The van der Waals surface area contributed by atoms with Crippen LogP contribution in [-0.2, 0) is 9.47 Å². The molecule has 210 valence electrons. The molecule has 2 aromatic heterocycles. The molecule has 0 spiro atoms. The van der Waals surface area contributed by atoms with Gasteiger partial charge in [0.2, 0.25) is 5.88 Å². The zero-order valence-corrected chi connectivity index (χ0v) is 21.5. The summed E-state index contributed by atoms with van der Waals surface area (Å²) in [4.78, 5) is 42.0. The van der Waals surface area contributed by atoms with Crippen LogP contribution in [0.25, 0.3) is 0 Å².